The number of tetrazole rings is 1. The number of aromatic amines is 1. The van der Waals surface area contributed by atoms with Gasteiger partial charge < -0.3 is 9.88 Å². The van der Waals surface area contributed by atoms with Crippen molar-refractivity contribution < 1.29 is 0 Å². The number of aromatic nitrogens is 7. The Balaban J connectivity index is 1.59. The summed E-state index contributed by atoms with van der Waals surface area (Å²) in [5, 5.41) is 14.4. The molecule has 1 fully saturated rings. The van der Waals surface area contributed by atoms with E-state index in [1.54, 1.807) is 18.3 Å². The van der Waals surface area contributed by atoms with E-state index in [9.17, 15) is 4.79 Å². The van der Waals surface area contributed by atoms with Gasteiger partial charge in [0.15, 0.2) is 0 Å². The van der Waals surface area contributed by atoms with Crippen molar-refractivity contribution in [1.29, 1.82) is 0 Å². The van der Waals surface area contributed by atoms with Crippen molar-refractivity contribution in [3.63, 3.8) is 0 Å². The summed E-state index contributed by atoms with van der Waals surface area (Å²) in [6.07, 6.45) is 3.57. The average molecular weight is 495 g/mol. The first-order valence-electron chi connectivity index (χ1n) is 9.48. The molecule has 0 atom stereocenters. The maximum atomic E-state index is 11.8. The highest BCUT2D eigenvalue weighted by molar-refractivity contribution is 7.99. The number of hydrogen-bond donors (Lipinski definition) is 1. The highest BCUT2D eigenvalue weighted by Gasteiger charge is 2.24. The molecule has 0 unspecified atom stereocenters. The van der Waals surface area contributed by atoms with Crippen LogP contribution < -0.4 is 4.87 Å². The number of rotatable bonds is 4. The lowest BCUT2D eigenvalue weighted by Gasteiger charge is -2.28. The van der Waals surface area contributed by atoms with Crippen molar-refractivity contribution in [2.45, 2.75) is 29.1 Å². The van der Waals surface area contributed by atoms with Crippen LogP contribution in [0.5, 0.6) is 0 Å². The Morgan fingerprint density at radius 3 is 2.55 bits per heavy atom. The molecule has 160 valence electrons. The summed E-state index contributed by atoms with van der Waals surface area (Å²) >= 11 is 14.8. The highest BCUT2D eigenvalue weighted by atomic mass is 35.5. The first-order chi connectivity index (χ1) is 15.0. The first-order valence-corrected chi connectivity index (χ1v) is 11.9. The van der Waals surface area contributed by atoms with Crippen LogP contribution in [0.25, 0.3) is 21.6 Å². The zero-order valence-corrected chi connectivity index (χ0v) is 19.4. The number of hydrogen-bond acceptors (Lipinski definition) is 9. The van der Waals surface area contributed by atoms with Gasteiger partial charge in [0.2, 0.25) is 5.16 Å². The van der Waals surface area contributed by atoms with E-state index in [2.05, 4.69) is 32.5 Å². The van der Waals surface area contributed by atoms with Crippen molar-refractivity contribution in [3.8, 4) is 10.6 Å². The summed E-state index contributed by atoms with van der Waals surface area (Å²) in [5.41, 5.74) is 1.75. The van der Waals surface area contributed by atoms with Crippen LogP contribution in [0.1, 0.15) is 18.9 Å². The number of H-pyrrole nitrogens is 1. The number of nitrogens with zero attached hydrogens (tertiary/aromatic N) is 7. The molecule has 5 rings (SSSR count). The van der Waals surface area contributed by atoms with Crippen LogP contribution in [0.4, 0.5) is 0 Å². The van der Waals surface area contributed by atoms with E-state index in [1.807, 2.05) is 4.68 Å². The summed E-state index contributed by atoms with van der Waals surface area (Å²) in [4.78, 5) is 26.7. The number of nitrogens with one attached hydrogen (secondary N) is 1. The molecule has 1 saturated heterocycles. The molecule has 0 saturated carbocycles. The molecule has 0 aliphatic carbocycles. The molecule has 0 spiro atoms. The summed E-state index contributed by atoms with van der Waals surface area (Å²) < 4.78 is 1.86. The minimum Gasteiger partial charge on any atom is -0.319 e. The summed E-state index contributed by atoms with van der Waals surface area (Å²) in [7, 11) is 2.11. The van der Waals surface area contributed by atoms with Crippen molar-refractivity contribution in [3.05, 3.63) is 38.0 Å². The zero-order chi connectivity index (χ0) is 21.5. The molecule has 3 aromatic heterocycles. The number of thiazole rings is 1. The standard InChI is InChI=1S/C18H16Cl2N8OS2/c1-27-4-2-9(3-5-27)28-17(24-25-26-28)31-16-15(14-8-21-18(29)30-14)22-12-6-10(19)11(20)7-13(12)23-16/h6-9H,2-5H2,1H3,(H,21,29). The summed E-state index contributed by atoms with van der Waals surface area (Å²) in [5.74, 6) is 0. The molecular weight excluding hydrogens is 479 g/mol. The molecule has 13 heteroatoms. The fourth-order valence-electron chi connectivity index (χ4n) is 3.47. The normalized spacial score (nSPS) is 15.7. The van der Waals surface area contributed by atoms with Gasteiger partial charge in [-0.2, -0.15) is 0 Å². The Kier molecular flexibility index (Phi) is 5.69. The second-order valence-corrected chi connectivity index (χ2v) is 10.0. The number of piperidine rings is 1. The van der Waals surface area contributed by atoms with Gasteiger partial charge in [-0.1, -0.05) is 34.5 Å². The SMILES string of the molecule is CN1CCC(n2nnnc2Sc2nc3cc(Cl)c(Cl)cc3nc2-c2c[nH]c(=O)s2)CC1. The number of benzene rings is 1. The van der Waals surface area contributed by atoms with Gasteiger partial charge in [0.05, 0.1) is 32.0 Å². The Hall–Kier alpha value is -2.05. The topological polar surface area (TPSA) is 105 Å². The molecule has 1 aromatic carbocycles. The van der Waals surface area contributed by atoms with E-state index in [0.717, 1.165) is 37.3 Å². The Morgan fingerprint density at radius 1 is 1.16 bits per heavy atom. The molecule has 31 heavy (non-hydrogen) atoms. The minimum atomic E-state index is -0.168. The minimum absolute atomic E-state index is 0.168. The summed E-state index contributed by atoms with van der Waals surface area (Å²) in [6.45, 7) is 1.98. The van der Waals surface area contributed by atoms with Gasteiger partial charge in [-0.25, -0.2) is 14.6 Å². The van der Waals surface area contributed by atoms with E-state index < -0.39 is 0 Å². The van der Waals surface area contributed by atoms with E-state index >= 15 is 0 Å². The highest BCUT2D eigenvalue weighted by Crippen LogP contribution is 2.37. The fourth-order valence-corrected chi connectivity index (χ4v) is 5.46. The molecule has 1 aliphatic rings. The molecule has 1 N–H and O–H groups in total. The van der Waals surface area contributed by atoms with Crippen molar-refractivity contribution in [1.82, 2.24) is 40.1 Å². The third-order valence-electron chi connectivity index (χ3n) is 5.12. The second-order valence-electron chi connectivity index (χ2n) is 7.22. The van der Waals surface area contributed by atoms with Gasteiger partial charge in [0.1, 0.15) is 10.7 Å². The lowest BCUT2D eigenvalue weighted by atomic mass is 10.1. The van der Waals surface area contributed by atoms with Crippen molar-refractivity contribution in [2.75, 3.05) is 20.1 Å². The number of halogens is 2. The Bertz CT molecular complexity index is 1310. The van der Waals surface area contributed by atoms with E-state index in [1.165, 1.54) is 11.8 Å². The Labute approximate surface area is 194 Å². The molecule has 1 aliphatic heterocycles. The molecule has 4 heterocycles. The van der Waals surface area contributed by atoms with Crippen LogP contribution in [-0.2, 0) is 0 Å². The quantitative estimate of drug-likeness (QED) is 0.456. The maximum Gasteiger partial charge on any atom is 0.305 e. The van der Waals surface area contributed by atoms with Crippen LogP contribution in [0.15, 0.2) is 33.3 Å². The lowest BCUT2D eigenvalue weighted by molar-refractivity contribution is 0.203. The van der Waals surface area contributed by atoms with Crippen LogP contribution in [0.3, 0.4) is 0 Å². The third-order valence-corrected chi connectivity index (χ3v) is 7.60. The average Bonchev–Trinajstić information content (AvgIpc) is 3.38. The van der Waals surface area contributed by atoms with E-state index in [4.69, 9.17) is 33.2 Å². The monoisotopic (exact) mass is 494 g/mol. The van der Waals surface area contributed by atoms with Crippen molar-refractivity contribution in [2.24, 2.45) is 0 Å². The first kappa shape index (κ1) is 20.8. The zero-order valence-electron chi connectivity index (χ0n) is 16.2. The lowest BCUT2D eigenvalue weighted by Crippen LogP contribution is -2.32. The predicted octanol–water partition coefficient (Wildman–Crippen LogP) is 3.76. The van der Waals surface area contributed by atoms with Crippen molar-refractivity contribution >= 4 is 57.3 Å². The largest absolute Gasteiger partial charge is 0.319 e. The predicted molar refractivity (Wildman–Crippen MR) is 121 cm³/mol. The maximum absolute atomic E-state index is 11.8. The fraction of sp³-hybridized carbons (Fsp3) is 0.333. The smallest absolute Gasteiger partial charge is 0.305 e. The van der Waals surface area contributed by atoms with Gasteiger partial charge in [-0.3, -0.25) is 4.79 Å². The van der Waals surface area contributed by atoms with Crippen LogP contribution in [0, 0.1) is 0 Å². The van der Waals surface area contributed by atoms with Gasteiger partial charge in [0.25, 0.3) is 0 Å². The summed E-state index contributed by atoms with van der Waals surface area (Å²) in [6, 6.07) is 3.57. The number of fused-ring (bicyclic) bond motifs is 1. The van der Waals surface area contributed by atoms with Crippen LogP contribution >= 0.6 is 46.3 Å². The van der Waals surface area contributed by atoms with E-state index in [0.29, 0.717) is 41.8 Å². The molecule has 0 amide bonds. The van der Waals surface area contributed by atoms with Gasteiger partial charge in [-0.05, 0) is 67.3 Å². The van der Waals surface area contributed by atoms with E-state index in [-0.39, 0.29) is 10.9 Å². The van der Waals surface area contributed by atoms with Gasteiger partial charge in [0, 0.05) is 6.20 Å². The molecular formula is C18H16Cl2N8OS2. The second kappa shape index (κ2) is 8.47. The van der Waals surface area contributed by atoms with Crippen LogP contribution in [-0.4, -0.2) is 60.2 Å². The molecule has 9 nitrogen and oxygen atoms in total. The molecule has 0 radical (unpaired) electrons. The van der Waals surface area contributed by atoms with Crippen LogP contribution in [0.2, 0.25) is 10.0 Å². The Morgan fingerprint density at radius 2 is 1.87 bits per heavy atom. The molecule has 4 aromatic rings. The third kappa shape index (κ3) is 4.20. The van der Waals surface area contributed by atoms with Gasteiger partial charge >= 0.3 is 4.87 Å². The number of likely N-dealkylation sites (tertiary alicyclic amines) is 1. The molecule has 0 bridgehead atoms. The van der Waals surface area contributed by atoms with Gasteiger partial charge in [-0.15, -0.1) is 5.10 Å².